The van der Waals surface area contributed by atoms with Crippen LogP contribution >= 0.6 is 0 Å². The molecule has 0 radical (unpaired) electrons. The number of nitrogens with one attached hydrogen (secondary N) is 2. The Hall–Kier alpha value is -3.62. The average Bonchev–Trinajstić information content (AvgIpc) is 0.765. The largest absolute Gasteiger partial charge is 0.394 e. The topological polar surface area (TPSA) is 1080 Å². The van der Waals surface area contributed by atoms with Crippen molar-refractivity contribution in [3.05, 3.63) is 0 Å². The number of rotatable bonds is 39. The van der Waals surface area contributed by atoms with Crippen LogP contribution in [-0.2, 0) is 128 Å². The van der Waals surface area contributed by atoms with Gasteiger partial charge in [-0.05, 0) is 0 Å². The Labute approximate surface area is 845 Å². The van der Waals surface area contributed by atoms with Crippen LogP contribution in [0.15, 0.2) is 0 Å². The van der Waals surface area contributed by atoms with Gasteiger partial charge in [-0.3, -0.25) is 9.59 Å². The fraction of sp³-hybridized carbons (Fsp3) is 0.976. The minimum atomic E-state index is -2.79. The van der Waals surface area contributed by atoms with Gasteiger partial charge in [-0.2, -0.15) is 0 Å². The van der Waals surface area contributed by atoms with E-state index >= 15 is 0 Å². The molecule has 0 aromatic rings. The van der Waals surface area contributed by atoms with E-state index in [4.69, 9.17) is 118 Å². The van der Waals surface area contributed by atoms with Gasteiger partial charge in [0.05, 0.1) is 85.9 Å². The highest BCUT2D eigenvalue weighted by molar-refractivity contribution is 5.73. The fourth-order valence-electron chi connectivity index (χ4n) is 19.4. The maximum Gasteiger partial charge on any atom is 0.217 e. The SMILES string of the molecule is CC(=O)N[C@@H]1[C@@H](O)[C@H](O[C@@H]2O[C@H](CO)[C@@H](O[C@@H]3O[C@H](CO[C@H]4O[C@H](CO[C@H]5O[C@H](CO)[C@@H](O)[C@H](O)[C@@H]5O[C@H]5O[C@H](CO)[C@@H](O)[C@H](O)[C@@H]5O)[C@@H](O)[C@H](O[C@H]5O[C@H](CO)[C@@H](O)[C@H](O)[C@@H]5O[C@H]5O[C@H](CO)[C@@H](O)[C@H](O)[C@@H]5O)[C@@H]4O)[C@@H](O)[C@H](O[C@H]4O[C@H](CO)[C@@H](O)[C@H](O)[C@@H]4O[C@H]4O[C@H](CO)[C@@H](O)[C@H](O)[C@@H]4O[C@H]4O[C@H](CO)[C@@H](O)[C@H](O[C@H]5O[C@H](CO)[C@@H](O)[C@H](O[C@H]6O[C@H](CO)[C@H](O)[C@H](O)[C@H]6O)[C@H]5O)[C@@H]4O)[C@@H]3O)[C@H](O)[C@H]2NC(C)=O)[C@@H](CO)O[C@@H]1O. The lowest BCUT2D eigenvalue weighted by atomic mass is 9.94. The zero-order valence-electron chi connectivity index (χ0n) is 79.2. The Morgan fingerprint density at radius 1 is 0.173 bits per heavy atom. The zero-order chi connectivity index (χ0) is 110. The molecule has 872 valence electrons. The van der Waals surface area contributed by atoms with Crippen LogP contribution in [0.3, 0.4) is 0 Å². The monoisotopic (exact) mass is 2210 g/mol. The minimum absolute atomic E-state index is 0.853. The number of carbonyl (C=O) groups is 2. The van der Waals surface area contributed by atoms with E-state index in [-0.39, 0.29) is 0 Å². The summed E-state index contributed by atoms with van der Waals surface area (Å²) in [5.74, 6) is -1.89. The molecule has 68 heteroatoms. The number of aliphatic hydroxyl groups excluding tert-OH is 39. The predicted molar refractivity (Wildman–Crippen MR) is 451 cm³/mol. The normalized spacial score (nSPS) is 52.1. The van der Waals surface area contributed by atoms with Crippen molar-refractivity contribution < 1.29 is 327 Å². The van der Waals surface area contributed by atoms with Crippen molar-refractivity contribution in [2.24, 2.45) is 0 Å². The first-order valence-corrected chi connectivity index (χ1v) is 47.7. The summed E-state index contributed by atoms with van der Waals surface area (Å²) in [6.45, 7) is -13.9. The second-order valence-electron chi connectivity index (χ2n) is 38.0. The molecule has 68 nitrogen and oxygen atoms in total. The van der Waals surface area contributed by atoms with Gasteiger partial charge in [-0.25, -0.2) is 0 Å². The summed E-state index contributed by atoms with van der Waals surface area (Å²) in [6.07, 6.45) is -143. The molecule has 0 aromatic carbocycles. The van der Waals surface area contributed by atoms with Crippen LogP contribution in [0, 0.1) is 0 Å². The average molecular weight is 2210 g/mol. The number of carbonyl (C=O) groups excluding carboxylic acids is 2. The van der Waals surface area contributed by atoms with Crippen LogP contribution in [0.2, 0.25) is 0 Å². The summed E-state index contributed by atoms with van der Waals surface area (Å²) in [7, 11) is 0. The second-order valence-corrected chi connectivity index (χ2v) is 38.0. The molecule has 13 heterocycles. The maximum atomic E-state index is 13.3. The molecule has 65 atom stereocenters. The first-order valence-electron chi connectivity index (χ1n) is 47.7. The molecule has 13 rings (SSSR count). The summed E-state index contributed by atoms with van der Waals surface area (Å²) in [5, 5.41) is 444. The molecule has 13 aliphatic heterocycles. The Bertz CT molecular complexity index is 4070. The Kier molecular flexibility index (Phi) is 44.2. The molecule has 13 saturated heterocycles. The molecule has 0 aromatic heterocycles. The summed E-state index contributed by atoms with van der Waals surface area (Å²) < 4.78 is 147. The van der Waals surface area contributed by atoms with Gasteiger partial charge in [0.2, 0.25) is 11.8 Å². The lowest BCUT2D eigenvalue weighted by Gasteiger charge is -2.51. The quantitative estimate of drug-likeness (QED) is 0.0272. The highest BCUT2D eigenvalue weighted by Crippen LogP contribution is 2.44. The summed E-state index contributed by atoms with van der Waals surface area (Å²) in [6, 6.07) is -3.81. The van der Waals surface area contributed by atoms with Crippen LogP contribution in [0.1, 0.15) is 13.8 Å². The molecule has 2 amide bonds. The minimum Gasteiger partial charge on any atom is -0.394 e. The first kappa shape index (κ1) is 123. The van der Waals surface area contributed by atoms with E-state index in [1.54, 1.807) is 0 Å². The van der Waals surface area contributed by atoms with Crippen LogP contribution in [0.4, 0.5) is 0 Å². The molecule has 0 saturated carbocycles. The van der Waals surface area contributed by atoms with E-state index in [9.17, 15) is 209 Å². The summed E-state index contributed by atoms with van der Waals surface area (Å²) in [5.41, 5.74) is 0. The summed E-state index contributed by atoms with van der Waals surface area (Å²) >= 11 is 0. The van der Waals surface area contributed by atoms with Gasteiger partial charge >= 0.3 is 0 Å². The number of hydrogen-bond donors (Lipinski definition) is 41. The van der Waals surface area contributed by atoms with Gasteiger partial charge in [0, 0.05) is 13.8 Å². The van der Waals surface area contributed by atoms with Crippen LogP contribution < -0.4 is 10.6 Å². The van der Waals surface area contributed by atoms with Crippen LogP contribution in [0.25, 0.3) is 0 Å². The van der Waals surface area contributed by atoms with E-state index in [2.05, 4.69) is 10.6 Å². The van der Waals surface area contributed by atoms with Crippen molar-refractivity contribution in [2.45, 2.75) is 413 Å². The first-order chi connectivity index (χ1) is 71.1. The second kappa shape index (κ2) is 53.8. The Morgan fingerprint density at radius 3 is 0.680 bits per heavy atom. The number of aliphatic hydroxyl groups is 39. The fourth-order valence-corrected chi connectivity index (χ4v) is 19.4. The van der Waals surface area contributed by atoms with Gasteiger partial charge in [0.25, 0.3) is 0 Å². The zero-order valence-corrected chi connectivity index (χ0v) is 79.2. The van der Waals surface area contributed by atoms with Crippen LogP contribution in [-0.4, -0.2) is 696 Å². The van der Waals surface area contributed by atoms with E-state index in [1.807, 2.05) is 0 Å². The van der Waals surface area contributed by atoms with Gasteiger partial charge in [0.15, 0.2) is 81.8 Å². The molecule has 0 unspecified atom stereocenters. The lowest BCUT2D eigenvalue weighted by molar-refractivity contribution is -0.412. The summed E-state index contributed by atoms with van der Waals surface area (Å²) in [4.78, 5) is 25.6. The molecule has 150 heavy (non-hydrogen) atoms. The predicted octanol–water partition coefficient (Wildman–Crippen LogP) is -29.0. The van der Waals surface area contributed by atoms with Crippen molar-refractivity contribution >= 4 is 11.8 Å². The third-order valence-corrected chi connectivity index (χ3v) is 28.0. The standard InChI is InChI=1S/C82H138N2O66/c1-16(96)83-31-44(109)60(27(12-94)128-70(31)125)141-71-32(84-17(2)97)45(110)61(28(13-95)138-71)142-78-59(124)65(146-81-69(52(117)39(104)23(8-90)136-81)150-82-68(51(116)38(103)24(9-91)137-82)149-77-58(123)63(41(106)26(11-93)133-77)144-76-57(122)62(40(105)25(10-92)132-76)143-73-53(118)46(111)33(98)18(3-85)129-73)43(108)30(140-78)14-126-72-56(121)64(145-80-67(50(115)37(102)22(7-89)135-80)148-75-55(120)48(113)35(100)20(5-87)131-75)42(107)29(139-72)15-127-79-66(49(114)36(101)21(6-88)134-79)147-74-54(119)47(112)34(99)19(4-86)130-74/h18-82,85-95,98-125H,3-15H2,1-2H3,(H,83,96)(H,84,97)/t18-,19-,20-,21-,22-,23-,24-,25-,26-,27-,28-,29-,30-,31-,32-,33+,34-,35-,36-,37-,38-,39-,40-,41-,42-,43-,44-,45-,46+,47+,48+,49+,50+,51+,52+,53-,54+,55+,56+,57-,58+,59+,60-,61-,62+,63+,64+,65+,66+,67+,68+,69+,70+,71+,72+,73-,74-,75-,76-,77-,78+,79+,80-,81-,82-/m1/s1. The van der Waals surface area contributed by atoms with Crippen molar-refractivity contribution in [2.75, 3.05) is 85.9 Å². The maximum absolute atomic E-state index is 13.3. The smallest absolute Gasteiger partial charge is 0.217 e. The van der Waals surface area contributed by atoms with Gasteiger partial charge in [0.1, 0.15) is 317 Å². The highest BCUT2D eigenvalue weighted by Gasteiger charge is 2.64. The number of hydrogen-bond acceptors (Lipinski definition) is 66. The molecule has 13 fully saturated rings. The van der Waals surface area contributed by atoms with Crippen molar-refractivity contribution in [3.63, 3.8) is 0 Å². The Balaban J connectivity index is 0.846. The van der Waals surface area contributed by atoms with Gasteiger partial charge < -0.3 is 328 Å². The highest BCUT2D eigenvalue weighted by atomic mass is 16.8. The third-order valence-electron chi connectivity index (χ3n) is 28.0. The molecular formula is C82H138N2O66. The van der Waals surface area contributed by atoms with Gasteiger partial charge in [-0.15, -0.1) is 0 Å². The molecular weight excluding hydrogens is 2070 g/mol. The van der Waals surface area contributed by atoms with E-state index in [0.717, 1.165) is 13.8 Å². The molecule has 41 N–H and O–H groups in total. The van der Waals surface area contributed by atoms with Crippen molar-refractivity contribution in [3.8, 4) is 0 Å². The van der Waals surface area contributed by atoms with E-state index in [0.29, 0.717) is 0 Å². The van der Waals surface area contributed by atoms with Crippen molar-refractivity contribution in [1.82, 2.24) is 10.6 Å². The molecule has 0 aliphatic carbocycles. The van der Waals surface area contributed by atoms with E-state index in [1.165, 1.54) is 0 Å². The third kappa shape index (κ3) is 26.2. The number of amides is 2. The Morgan fingerprint density at radius 2 is 0.367 bits per heavy atom. The van der Waals surface area contributed by atoms with Crippen molar-refractivity contribution in [1.29, 1.82) is 0 Å². The lowest BCUT2D eigenvalue weighted by Crippen LogP contribution is -2.70. The van der Waals surface area contributed by atoms with Crippen LogP contribution in [0.5, 0.6) is 0 Å². The molecule has 0 spiro atoms. The van der Waals surface area contributed by atoms with Gasteiger partial charge in [-0.1, -0.05) is 0 Å². The molecule has 13 aliphatic rings. The number of ether oxygens (including phenoxy) is 25. The van der Waals surface area contributed by atoms with E-state index < -0.39 is 497 Å². The molecule has 0 bridgehead atoms.